The fourth-order valence-electron chi connectivity index (χ4n) is 2.62. The Hall–Kier alpha value is -3.56. The van der Waals surface area contributed by atoms with E-state index in [1.807, 2.05) is 60.7 Å². The number of ether oxygens (including phenoxy) is 1. The number of hydrogen-bond donors (Lipinski definition) is 2. The average Bonchev–Trinajstić information content (AvgIpc) is 2.77. The van der Waals surface area contributed by atoms with Gasteiger partial charge >= 0.3 is 0 Å². The number of amides is 1. The van der Waals surface area contributed by atoms with Gasteiger partial charge in [0.1, 0.15) is 23.1 Å². The first kappa shape index (κ1) is 21.2. The van der Waals surface area contributed by atoms with Crippen LogP contribution in [0, 0.1) is 11.3 Å². The number of hydrogen-bond acceptors (Lipinski definition) is 4. The van der Waals surface area contributed by atoms with E-state index in [1.54, 1.807) is 24.3 Å². The molecule has 0 saturated carbocycles. The number of anilines is 1. The van der Waals surface area contributed by atoms with Gasteiger partial charge in [-0.15, -0.1) is 0 Å². The van der Waals surface area contributed by atoms with Crippen molar-refractivity contribution in [2.75, 3.05) is 11.9 Å². The monoisotopic (exact) mass is 461 g/mol. The normalized spacial score (nSPS) is 10.7. The van der Waals surface area contributed by atoms with Crippen LogP contribution in [-0.4, -0.2) is 12.5 Å². The molecule has 0 aliphatic rings. The average molecular weight is 462 g/mol. The van der Waals surface area contributed by atoms with Crippen LogP contribution in [0.5, 0.6) is 11.5 Å². The SMILES string of the molecule is N#C/C(=C/NCCc1ccc(Br)cc1)C(=O)Nc1ccc(Oc2ccccc2)cc1. The molecule has 0 spiro atoms. The van der Waals surface area contributed by atoms with Crippen molar-refractivity contribution in [3.8, 4) is 17.6 Å². The topological polar surface area (TPSA) is 74.2 Å². The van der Waals surface area contributed by atoms with Gasteiger partial charge in [0.15, 0.2) is 0 Å². The van der Waals surface area contributed by atoms with Crippen molar-refractivity contribution in [2.45, 2.75) is 6.42 Å². The third-order valence-corrected chi connectivity index (χ3v) is 4.70. The molecule has 6 heteroatoms. The lowest BCUT2D eigenvalue weighted by atomic mass is 10.1. The molecule has 3 rings (SSSR count). The quantitative estimate of drug-likeness (QED) is 0.266. The van der Waals surface area contributed by atoms with E-state index in [1.165, 1.54) is 11.8 Å². The summed E-state index contributed by atoms with van der Waals surface area (Å²) >= 11 is 3.40. The number of nitrogens with one attached hydrogen (secondary N) is 2. The summed E-state index contributed by atoms with van der Waals surface area (Å²) in [4.78, 5) is 12.3. The molecule has 0 atom stereocenters. The third kappa shape index (κ3) is 6.50. The van der Waals surface area contributed by atoms with Crippen molar-refractivity contribution in [1.82, 2.24) is 5.32 Å². The number of nitriles is 1. The predicted molar refractivity (Wildman–Crippen MR) is 121 cm³/mol. The van der Waals surface area contributed by atoms with Crippen LogP contribution in [0.3, 0.4) is 0 Å². The lowest BCUT2D eigenvalue weighted by Crippen LogP contribution is -2.18. The van der Waals surface area contributed by atoms with Crippen molar-refractivity contribution in [3.05, 3.63) is 101 Å². The molecule has 2 N–H and O–H groups in total. The highest BCUT2D eigenvalue weighted by atomic mass is 79.9. The molecule has 0 radical (unpaired) electrons. The fourth-order valence-corrected chi connectivity index (χ4v) is 2.88. The zero-order valence-corrected chi connectivity index (χ0v) is 17.7. The summed E-state index contributed by atoms with van der Waals surface area (Å²) in [7, 11) is 0. The molecule has 150 valence electrons. The first-order valence-electron chi connectivity index (χ1n) is 9.36. The van der Waals surface area contributed by atoms with E-state index in [9.17, 15) is 10.1 Å². The standard InChI is InChI=1S/C24H20BrN3O2/c25-20-8-6-18(7-9-20)14-15-27-17-19(16-26)24(29)28-21-10-12-23(13-11-21)30-22-4-2-1-3-5-22/h1-13,17,27H,14-15H2,(H,28,29)/b19-17-. The maximum absolute atomic E-state index is 12.3. The molecule has 3 aromatic carbocycles. The van der Waals surface area contributed by atoms with Crippen molar-refractivity contribution >= 4 is 27.5 Å². The minimum absolute atomic E-state index is 0.00965. The van der Waals surface area contributed by atoms with E-state index < -0.39 is 5.91 Å². The zero-order chi connectivity index (χ0) is 21.2. The van der Waals surface area contributed by atoms with E-state index >= 15 is 0 Å². The van der Waals surface area contributed by atoms with E-state index in [2.05, 4.69) is 26.6 Å². The van der Waals surface area contributed by atoms with E-state index in [0.717, 1.165) is 16.6 Å². The highest BCUT2D eigenvalue weighted by molar-refractivity contribution is 9.10. The maximum atomic E-state index is 12.3. The lowest BCUT2D eigenvalue weighted by Gasteiger charge is -2.08. The fraction of sp³-hybridized carbons (Fsp3) is 0.0833. The van der Waals surface area contributed by atoms with Gasteiger partial charge in [-0.3, -0.25) is 4.79 Å². The van der Waals surface area contributed by atoms with Crippen LogP contribution in [0.4, 0.5) is 5.69 Å². The van der Waals surface area contributed by atoms with Crippen LogP contribution in [-0.2, 0) is 11.2 Å². The molecule has 0 bridgehead atoms. The van der Waals surface area contributed by atoms with Crippen molar-refractivity contribution in [3.63, 3.8) is 0 Å². The highest BCUT2D eigenvalue weighted by Gasteiger charge is 2.09. The second-order valence-electron chi connectivity index (χ2n) is 6.39. The number of halogens is 1. The number of rotatable bonds is 8. The molecule has 3 aromatic rings. The van der Waals surface area contributed by atoms with E-state index in [0.29, 0.717) is 18.0 Å². The molecule has 0 aliphatic carbocycles. The summed E-state index contributed by atoms with van der Waals surface area (Å²) in [5, 5.41) is 15.0. The number of carbonyl (C=O) groups is 1. The van der Waals surface area contributed by atoms with Gasteiger partial charge in [-0.1, -0.05) is 46.3 Å². The molecular weight excluding hydrogens is 442 g/mol. The van der Waals surface area contributed by atoms with E-state index in [4.69, 9.17) is 4.74 Å². The molecule has 0 heterocycles. The van der Waals surface area contributed by atoms with Gasteiger partial charge < -0.3 is 15.4 Å². The molecule has 5 nitrogen and oxygen atoms in total. The van der Waals surface area contributed by atoms with Gasteiger partial charge in [0.2, 0.25) is 0 Å². The van der Waals surface area contributed by atoms with Crippen molar-refractivity contribution < 1.29 is 9.53 Å². The van der Waals surface area contributed by atoms with Crippen LogP contribution in [0.25, 0.3) is 0 Å². The van der Waals surface area contributed by atoms with Crippen LogP contribution in [0.1, 0.15) is 5.56 Å². The number of nitrogens with zero attached hydrogens (tertiary/aromatic N) is 1. The van der Waals surface area contributed by atoms with Gasteiger partial charge in [-0.05, 0) is 60.5 Å². The molecule has 0 aliphatic heterocycles. The smallest absolute Gasteiger partial charge is 0.267 e. The second-order valence-corrected chi connectivity index (χ2v) is 7.31. The summed E-state index contributed by atoms with van der Waals surface area (Å²) in [5.41, 5.74) is 1.76. The van der Waals surface area contributed by atoms with Crippen LogP contribution < -0.4 is 15.4 Å². The minimum atomic E-state index is -0.467. The third-order valence-electron chi connectivity index (χ3n) is 4.17. The Bertz CT molecular complexity index is 1040. The number of para-hydroxylation sites is 1. The van der Waals surface area contributed by atoms with Gasteiger partial charge in [0, 0.05) is 22.9 Å². The Kier molecular flexibility index (Phi) is 7.64. The summed E-state index contributed by atoms with van der Waals surface area (Å²) < 4.78 is 6.76. The van der Waals surface area contributed by atoms with E-state index in [-0.39, 0.29) is 5.57 Å². The lowest BCUT2D eigenvalue weighted by molar-refractivity contribution is -0.112. The maximum Gasteiger partial charge on any atom is 0.267 e. The Labute approximate surface area is 184 Å². The highest BCUT2D eigenvalue weighted by Crippen LogP contribution is 2.22. The Morgan fingerprint density at radius 1 is 0.967 bits per heavy atom. The summed E-state index contributed by atoms with van der Waals surface area (Å²) in [6.07, 6.45) is 2.23. The predicted octanol–water partition coefficient (Wildman–Crippen LogP) is 5.42. The van der Waals surface area contributed by atoms with Crippen LogP contribution in [0.15, 0.2) is 95.1 Å². The molecule has 0 saturated heterocycles. The number of carbonyl (C=O) groups excluding carboxylic acids is 1. The van der Waals surface area contributed by atoms with Gasteiger partial charge in [0.25, 0.3) is 5.91 Å². The Balaban J connectivity index is 1.50. The number of benzene rings is 3. The second kappa shape index (κ2) is 10.8. The molecule has 0 unspecified atom stereocenters. The van der Waals surface area contributed by atoms with Crippen molar-refractivity contribution in [1.29, 1.82) is 5.26 Å². The van der Waals surface area contributed by atoms with Crippen molar-refractivity contribution in [2.24, 2.45) is 0 Å². The largest absolute Gasteiger partial charge is 0.457 e. The summed E-state index contributed by atoms with van der Waals surface area (Å²) in [5.74, 6) is 0.924. The zero-order valence-electron chi connectivity index (χ0n) is 16.1. The Morgan fingerprint density at radius 2 is 1.63 bits per heavy atom. The molecule has 1 amide bonds. The van der Waals surface area contributed by atoms with Crippen LogP contribution in [0.2, 0.25) is 0 Å². The van der Waals surface area contributed by atoms with Crippen LogP contribution >= 0.6 is 15.9 Å². The van der Waals surface area contributed by atoms with Gasteiger partial charge in [-0.2, -0.15) is 5.26 Å². The van der Waals surface area contributed by atoms with Gasteiger partial charge in [0.05, 0.1) is 0 Å². The first-order valence-corrected chi connectivity index (χ1v) is 10.2. The first-order chi connectivity index (χ1) is 14.6. The minimum Gasteiger partial charge on any atom is -0.457 e. The molecular formula is C24H20BrN3O2. The molecule has 0 aromatic heterocycles. The Morgan fingerprint density at radius 3 is 2.30 bits per heavy atom. The van der Waals surface area contributed by atoms with Gasteiger partial charge in [-0.25, -0.2) is 0 Å². The molecule has 0 fully saturated rings. The molecule has 30 heavy (non-hydrogen) atoms. The summed E-state index contributed by atoms with van der Waals surface area (Å²) in [6.45, 7) is 0.617. The summed E-state index contributed by atoms with van der Waals surface area (Å²) in [6, 6.07) is 26.4.